The molecule has 0 radical (unpaired) electrons. The summed E-state index contributed by atoms with van der Waals surface area (Å²) in [6.45, 7) is 5.81. The summed E-state index contributed by atoms with van der Waals surface area (Å²) >= 11 is 0. The molecule has 33 heavy (non-hydrogen) atoms. The fourth-order valence-electron chi connectivity index (χ4n) is 4.45. The third kappa shape index (κ3) is 3.77. The number of benzene rings is 4. The number of allylic oxidation sites excluding steroid dienone is 5. The maximum atomic E-state index is 6.32. The standard InChI is InChI=1S/C31H26N2/c1-3-4-6-11-22(2)27-20-23(16-18-29(27)32)24-17-19-31-28(21-24)26-14-9-10-15-30(26)33(31)25-12-7-5-8-13-25/h3-21H,1,32H2,2H3/b6-4-,22-11+. The smallest absolute Gasteiger partial charge is 0.0541 e. The lowest BCUT2D eigenvalue weighted by Crippen LogP contribution is -1.94. The summed E-state index contributed by atoms with van der Waals surface area (Å²) in [5.41, 5.74) is 15.2. The Morgan fingerprint density at radius 3 is 2.27 bits per heavy atom. The molecular formula is C31H26N2. The number of nitrogens with zero attached hydrogens (tertiary/aromatic N) is 1. The van der Waals surface area contributed by atoms with Crippen molar-refractivity contribution in [1.82, 2.24) is 4.57 Å². The average Bonchev–Trinajstić information content (AvgIpc) is 3.18. The van der Waals surface area contributed by atoms with Gasteiger partial charge in [-0.3, -0.25) is 0 Å². The molecule has 4 aromatic carbocycles. The zero-order valence-corrected chi connectivity index (χ0v) is 18.7. The highest BCUT2D eigenvalue weighted by Gasteiger charge is 2.13. The highest BCUT2D eigenvalue weighted by Crippen LogP contribution is 2.36. The third-order valence-electron chi connectivity index (χ3n) is 6.09. The van der Waals surface area contributed by atoms with Crippen LogP contribution in [0.3, 0.4) is 0 Å². The van der Waals surface area contributed by atoms with E-state index in [0.29, 0.717) is 0 Å². The third-order valence-corrected chi connectivity index (χ3v) is 6.09. The summed E-state index contributed by atoms with van der Waals surface area (Å²) in [7, 11) is 0. The summed E-state index contributed by atoms with van der Waals surface area (Å²) in [5, 5.41) is 2.49. The second-order valence-electron chi connectivity index (χ2n) is 8.19. The SMILES string of the molecule is C=C/C=C\C=C(/C)c1cc(-c2ccc3c(c2)c2ccccc2n3-c2ccccc2)ccc1N. The molecule has 0 saturated carbocycles. The number of hydrogen-bond donors (Lipinski definition) is 1. The van der Waals surface area contributed by atoms with E-state index in [1.54, 1.807) is 6.08 Å². The lowest BCUT2D eigenvalue weighted by molar-refractivity contribution is 1.18. The van der Waals surface area contributed by atoms with Gasteiger partial charge in [0.25, 0.3) is 0 Å². The topological polar surface area (TPSA) is 30.9 Å². The van der Waals surface area contributed by atoms with Crippen molar-refractivity contribution in [2.24, 2.45) is 0 Å². The van der Waals surface area contributed by atoms with E-state index in [4.69, 9.17) is 5.73 Å². The first-order chi connectivity index (χ1) is 16.2. The van der Waals surface area contributed by atoms with Gasteiger partial charge in [-0.2, -0.15) is 0 Å². The van der Waals surface area contributed by atoms with E-state index < -0.39 is 0 Å². The van der Waals surface area contributed by atoms with Crippen LogP contribution in [0.4, 0.5) is 5.69 Å². The summed E-state index contributed by atoms with van der Waals surface area (Å²) in [5.74, 6) is 0. The van der Waals surface area contributed by atoms with Crippen LogP contribution in [0.15, 0.2) is 122 Å². The zero-order chi connectivity index (χ0) is 22.8. The second-order valence-corrected chi connectivity index (χ2v) is 8.19. The van der Waals surface area contributed by atoms with Gasteiger partial charge in [-0.15, -0.1) is 0 Å². The number of aromatic nitrogens is 1. The Hall–Kier alpha value is -4.30. The van der Waals surface area contributed by atoms with E-state index in [0.717, 1.165) is 22.4 Å². The molecule has 160 valence electrons. The van der Waals surface area contributed by atoms with Gasteiger partial charge in [-0.05, 0) is 66.1 Å². The van der Waals surface area contributed by atoms with E-state index in [-0.39, 0.29) is 0 Å². The van der Waals surface area contributed by atoms with Crippen LogP contribution in [0.5, 0.6) is 0 Å². The zero-order valence-electron chi connectivity index (χ0n) is 18.7. The average molecular weight is 427 g/mol. The Balaban J connectivity index is 1.68. The lowest BCUT2D eigenvalue weighted by atomic mass is 9.97. The Morgan fingerprint density at radius 2 is 1.45 bits per heavy atom. The lowest BCUT2D eigenvalue weighted by Gasteiger charge is -2.11. The molecule has 0 atom stereocenters. The molecule has 1 heterocycles. The molecule has 5 aromatic rings. The van der Waals surface area contributed by atoms with Gasteiger partial charge in [0.05, 0.1) is 11.0 Å². The molecule has 2 N–H and O–H groups in total. The number of para-hydroxylation sites is 2. The molecule has 1 aromatic heterocycles. The Kier molecular flexibility index (Phi) is 5.42. The normalized spacial score (nSPS) is 12.1. The van der Waals surface area contributed by atoms with Crippen molar-refractivity contribution >= 4 is 33.1 Å². The van der Waals surface area contributed by atoms with E-state index in [9.17, 15) is 0 Å². The number of nitrogens with two attached hydrogens (primary N) is 1. The molecule has 2 heteroatoms. The molecule has 0 aliphatic rings. The molecule has 0 saturated heterocycles. The fourth-order valence-corrected chi connectivity index (χ4v) is 4.45. The van der Waals surface area contributed by atoms with Crippen LogP contribution in [0, 0.1) is 0 Å². The monoisotopic (exact) mass is 426 g/mol. The number of fused-ring (bicyclic) bond motifs is 3. The summed E-state index contributed by atoms with van der Waals surface area (Å²) in [6.07, 6.45) is 7.73. The minimum absolute atomic E-state index is 0.779. The summed E-state index contributed by atoms with van der Waals surface area (Å²) < 4.78 is 2.34. The van der Waals surface area contributed by atoms with Gasteiger partial charge in [-0.1, -0.05) is 79.4 Å². The molecular weight excluding hydrogens is 400 g/mol. The van der Waals surface area contributed by atoms with Crippen molar-refractivity contribution in [3.05, 3.63) is 127 Å². The van der Waals surface area contributed by atoms with Crippen LogP contribution in [0.25, 0.3) is 44.2 Å². The molecule has 0 aliphatic heterocycles. The van der Waals surface area contributed by atoms with Gasteiger partial charge in [0, 0.05) is 27.7 Å². The predicted molar refractivity (Wildman–Crippen MR) is 144 cm³/mol. The fraction of sp³-hybridized carbons (Fsp3) is 0.0323. The van der Waals surface area contributed by atoms with Crippen molar-refractivity contribution in [2.75, 3.05) is 5.73 Å². The van der Waals surface area contributed by atoms with Gasteiger partial charge >= 0.3 is 0 Å². The van der Waals surface area contributed by atoms with Crippen molar-refractivity contribution in [2.45, 2.75) is 6.92 Å². The number of nitrogen functional groups attached to an aromatic ring is 1. The van der Waals surface area contributed by atoms with E-state index in [2.05, 4.69) is 109 Å². The van der Waals surface area contributed by atoms with Crippen molar-refractivity contribution in [3.8, 4) is 16.8 Å². The maximum Gasteiger partial charge on any atom is 0.0541 e. The molecule has 5 rings (SSSR count). The largest absolute Gasteiger partial charge is 0.398 e. The highest BCUT2D eigenvalue weighted by molar-refractivity contribution is 6.10. The maximum absolute atomic E-state index is 6.32. The first-order valence-corrected chi connectivity index (χ1v) is 11.1. The van der Waals surface area contributed by atoms with Crippen molar-refractivity contribution in [3.63, 3.8) is 0 Å². The Morgan fingerprint density at radius 1 is 0.758 bits per heavy atom. The molecule has 0 amide bonds. The second kappa shape index (κ2) is 8.68. The predicted octanol–water partition coefficient (Wildman–Crippen LogP) is 8.18. The van der Waals surface area contributed by atoms with Crippen molar-refractivity contribution in [1.29, 1.82) is 0 Å². The first-order valence-electron chi connectivity index (χ1n) is 11.1. The van der Waals surface area contributed by atoms with Gasteiger partial charge in [0.15, 0.2) is 0 Å². The van der Waals surface area contributed by atoms with E-state index in [1.807, 2.05) is 18.2 Å². The first kappa shape index (κ1) is 20.6. The van der Waals surface area contributed by atoms with Crippen LogP contribution in [0.2, 0.25) is 0 Å². The highest BCUT2D eigenvalue weighted by atomic mass is 15.0. The van der Waals surface area contributed by atoms with Crippen LogP contribution >= 0.6 is 0 Å². The minimum atomic E-state index is 0.779. The molecule has 0 bridgehead atoms. The van der Waals surface area contributed by atoms with Gasteiger partial charge < -0.3 is 10.3 Å². The van der Waals surface area contributed by atoms with Crippen LogP contribution < -0.4 is 5.73 Å². The van der Waals surface area contributed by atoms with Gasteiger partial charge in [0.1, 0.15) is 0 Å². The molecule has 0 aliphatic carbocycles. The molecule has 0 spiro atoms. The quantitative estimate of drug-likeness (QED) is 0.223. The Labute approximate surface area is 194 Å². The summed E-state index contributed by atoms with van der Waals surface area (Å²) in [6, 6.07) is 32.1. The molecule has 2 nitrogen and oxygen atoms in total. The molecule has 0 unspecified atom stereocenters. The number of anilines is 1. The van der Waals surface area contributed by atoms with Crippen LogP contribution in [-0.4, -0.2) is 4.57 Å². The Bertz CT molecular complexity index is 1530. The van der Waals surface area contributed by atoms with Gasteiger partial charge in [0.2, 0.25) is 0 Å². The van der Waals surface area contributed by atoms with E-state index in [1.165, 1.54) is 33.1 Å². The van der Waals surface area contributed by atoms with Crippen LogP contribution in [-0.2, 0) is 0 Å². The minimum Gasteiger partial charge on any atom is -0.398 e. The van der Waals surface area contributed by atoms with Crippen molar-refractivity contribution < 1.29 is 0 Å². The van der Waals surface area contributed by atoms with Crippen LogP contribution in [0.1, 0.15) is 12.5 Å². The summed E-state index contributed by atoms with van der Waals surface area (Å²) in [4.78, 5) is 0. The van der Waals surface area contributed by atoms with Gasteiger partial charge in [-0.25, -0.2) is 0 Å². The molecule has 0 fully saturated rings. The number of hydrogen-bond acceptors (Lipinski definition) is 1. The van der Waals surface area contributed by atoms with E-state index >= 15 is 0 Å². The number of rotatable bonds is 5.